The van der Waals surface area contributed by atoms with Gasteiger partial charge < -0.3 is 24.2 Å². The highest BCUT2D eigenvalue weighted by Gasteiger charge is 2.46. The molecule has 1 heterocycles. The number of hydrogen-bond donors (Lipinski definition) is 1. The van der Waals surface area contributed by atoms with Gasteiger partial charge in [0, 0.05) is 12.1 Å². The molecule has 1 atom stereocenters. The first-order valence-corrected chi connectivity index (χ1v) is 14.4. The summed E-state index contributed by atoms with van der Waals surface area (Å²) >= 11 is 0. The number of ether oxygens (including phenoxy) is 3. The Hall–Kier alpha value is -4.26. The summed E-state index contributed by atoms with van der Waals surface area (Å²) in [6.45, 7) is 7.88. The van der Waals surface area contributed by atoms with Gasteiger partial charge >= 0.3 is 0 Å². The molecule has 1 unspecified atom stereocenters. The van der Waals surface area contributed by atoms with Crippen LogP contribution in [0.3, 0.4) is 0 Å². The lowest BCUT2D eigenvalue weighted by Gasteiger charge is -2.26. The minimum absolute atomic E-state index is 0.0485. The van der Waals surface area contributed by atoms with Crippen LogP contribution in [0.4, 0.5) is 0 Å². The normalized spacial score (nSPS) is 16.2. The number of unbranched alkanes of at least 4 members (excludes halogenated alkanes) is 1. The van der Waals surface area contributed by atoms with Gasteiger partial charge in [-0.05, 0) is 73.7 Å². The van der Waals surface area contributed by atoms with Crippen molar-refractivity contribution in [2.45, 2.75) is 52.5 Å². The molecule has 216 valence electrons. The first-order chi connectivity index (χ1) is 20.0. The van der Waals surface area contributed by atoms with Crippen LogP contribution in [0, 0.1) is 0 Å². The van der Waals surface area contributed by atoms with E-state index in [-0.39, 0.29) is 11.3 Å². The van der Waals surface area contributed by atoms with Gasteiger partial charge in [-0.25, -0.2) is 0 Å². The molecule has 0 saturated carbocycles. The van der Waals surface area contributed by atoms with Gasteiger partial charge in [-0.15, -0.1) is 0 Å². The standard InChI is InChI=1S/C34H39NO6/c1-4-7-22-41-28-18-15-26(23-29(28)39-6-3)31-30(32(36)25-13-16-27(17-14-25)40-21-5-2)33(37)34(38)35(31)20-19-24-11-9-8-10-12-24/h8-18,23,31,36H,4-7,19-22H2,1-3H3/b32-30+. The molecule has 1 amide bonds. The molecule has 7 heteroatoms. The van der Waals surface area contributed by atoms with Gasteiger partial charge in [0.1, 0.15) is 11.5 Å². The number of hydrogen-bond acceptors (Lipinski definition) is 6. The molecule has 1 aliphatic heterocycles. The van der Waals surface area contributed by atoms with Crippen LogP contribution < -0.4 is 14.2 Å². The molecule has 3 aromatic carbocycles. The van der Waals surface area contributed by atoms with Crippen LogP contribution >= 0.6 is 0 Å². The largest absolute Gasteiger partial charge is 0.507 e. The van der Waals surface area contributed by atoms with Crippen molar-refractivity contribution in [2.75, 3.05) is 26.4 Å². The Morgan fingerprint density at radius 1 is 0.829 bits per heavy atom. The third kappa shape index (κ3) is 7.09. The highest BCUT2D eigenvalue weighted by atomic mass is 16.5. The average molecular weight is 558 g/mol. The van der Waals surface area contributed by atoms with Gasteiger partial charge in [0.15, 0.2) is 11.5 Å². The number of nitrogens with zero attached hydrogens (tertiary/aromatic N) is 1. The fraction of sp³-hybridized carbons (Fsp3) is 0.353. The van der Waals surface area contributed by atoms with Gasteiger partial charge in [-0.1, -0.05) is 56.7 Å². The quantitative estimate of drug-likeness (QED) is 0.103. The first-order valence-electron chi connectivity index (χ1n) is 14.4. The summed E-state index contributed by atoms with van der Waals surface area (Å²) in [6, 6.07) is 21.4. The molecule has 0 bridgehead atoms. The number of amides is 1. The summed E-state index contributed by atoms with van der Waals surface area (Å²) in [6.07, 6.45) is 3.35. The van der Waals surface area contributed by atoms with Gasteiger partial charge in [-0.3, -0.25) is 9.59 Å². The summed E-state index contributed by atoms with van der Waals surface area (Å²) < 4.78 is 17.5. The fourth-order valence-corrected chi connectivity index (χ4v) is 4.84. The van der Waals surface area contributed by atoms with Crippen LogP contribution in [0.2, 0.25) is 0 Å². The molecule has 4 rings (SSSR count). The molecule has 3 aromatic rings. The SMILES string of the molecule is CCCCOc1ccc(C2/C(=C(\O)c3ccc(OCCC)cc3)C(=O)C(=O)N2CCc2ccccc2)cc1OCC. The summed E-state index contributed by atoms with van der Waals surface area (Å²) in [5.74, 6) is 0.229. The molecule has 0 aliphatic carbocycles. The van der Waals surface area contributed by atoms with Gasteiger partial charge in [-0.2, -0.15) is 0 Å². The molecular weight excluding hydrogens is 518 g/mol. The number of Topliss-reactive ketones (excluding diaryl/α,β-unsaturated/α-hetero) is 1. The number of carbonyl (C=O) groups is 2. The third-order valence-corrected chi connectivity index (χ3v) is 6.96. The minimum Gasteiger partial charge on any atom is -0.507 e. The van der Waals surface area contributed by atoms with Crippen LogP contribution in [0.1, 0.15) is 62.8 Å². The Bertz CT molecular complexity index is 1350. The second-order valence-corrected chi connectivity index (χ2v) is 9.94. The van der Waals surface area contributed by atoms with E-state index in [0.717, 1.165) is 24.8 Å². The van der Waals surface area contributed by atoms with E-state index in [4.69, 9.17) is 14.2 Å². The topological polar surface area (TPSA) is 85.3 Å². The monoisotopic (exact) mass is 557 g/mol. The number of aliphatic hydroxyl groups excluding tert-OH is 1. The number of ketones is 1. The van der Waals surface area contributed by atoms with E-state index >= 15 is 0 Å². The van der Waals surface area contributed by atoms with E-state index in [1.165, 1.54) is 0 Å². The molecule has 1 aliphatic rings. The van der Waals surface area contributed by atoms with Gasteiger partial charge in [0.05, 0.1) is 31.4 Å². The lowest BCUT2D eigenvalue weighted by atomic mass is 9.94. The molecule has 1 fully saturated rings. The van der Waals surface area contributed by atoms with E-state index in [9.17, 15) is 14.7 Å². The molecule has 7 nitrogen and oxygen atoms in total. The molecule has 41 heavy (non-hydrogen) atoms. The maximum atomic E-state index is 13.5. The van der Waals surface area contributed by atoms with Crippen molar-refractivity contribution in [2.24, 2.45) is 0 Å². The van der Waals surface area contributed by atoms with Gasteiger partial charge in [0.2, 0.25) is 0 Å². The summed E-state index contributed by atoms with van der Waals surface area (Å²) in [5.41, 5.74) is 2.19. The number of benzene rings is 3. The average Bonchev–Trinajstić information content (AvgIpc) is 3.25. The van der Waals surface area contributed by atoms with E-state index < -0.39 is 17.7 Å². The van der Waals surface area contributed by atoms with Crippen molar-refractivity contribution in [3.05, 3.63) is 95.1 Å². The number of rotatable bonds is 14. The van der Waals surface area contributed by atoms with Crippen LogP contribution in [-0.4, -0.2) is 48.1 Å². The zero-order valence-corrected chi connectivity index (χ0v) is 24.1. The van der Waals surface area contributed by atoms with E-state index in [1.54, 1.807) is 29.2 Å². The van der Waals surface area contributed by atoms with Crippen molar-refractivity contribution >= 4 is 17.4 Å². The van der Waals surface area contributed by atoms with Crippen molar-refractivity contribution in [1.29, 1.82) is 0 Å². The Morgan fingerprint density at radius 2 is 1.59 bits per heavy atom. The van der Waals surface area contributed by atoms with Crippen LogP contribution in [-0.2, 0) is 16.0 Å². The Labute approximate surface area is 242 Å². The van der Waals surface area contributed by atoms with Crippen molar-refractivity contribution in [3.63, 3.8) is 0 Å². The molecule has 0 aromatic heterocycles. The van der Waals surface area contributed by atoms with Crippen molar-refractivity contribution in [3.8, 4) is 17.2 Å². The zero-order valence-electron chi connectivity index (χ0n) is 24.1. The Kier molecular flexibility index (Phi) is 10.4. The molecule has 1 N–H and O–H groups in total. The highest BCUT2D eigenvalue weighted by molar-refractivity contribution is 6.46. The predicted octanol–water partition coefficient (Wildman–Crippen LogP) is 6.72. The highest BCUT2D eigenvalue weighted by Crippen LogP contribution is 2.42. The summed E-state index contributed by atoms with van der Waals surface area (Å²) in [5, 5.41) is 11.5. The maximum absolute atomic E-state index is 13.5. The first kappa shape index (κ1) is 29.7. The molecule has 1 saturated heterocycles. The Balaban J connectivity index is 1.76. The predicted molar refractivity (Wildman–Crippen MR) is 159 cm³/mol. The van der Waals surface area contributed by atoms with E-state index in [2.05, 4.69) is 6.92 Å². The van der Waals surface area contributed by atoms with Crippen LogP contribution in [0.25, 0.3) is 5.76 Å². The van der Waals surface area contributed by atoms with Crippen molar-refractivity contribution < 1.29 is 28.9 Å². The van der Waals surface area contributed by atoms with Crippen molar-refractivity contribution in [1.82, 2.24) is 4.90 Å². The molecular formula is C34H39NO6. The van der Waals surface area contributed by atoms with E-state index in [0.29, 0.717) is 61.2 Å². The van der Waals surface area contributed by atoms with Crippen LogP contribution in [0.5, 0.6) is 17.2 Å². The van der Waals surface area contributed by atoms with Gasteiger partial charge in [0.25, 0.3) is 11.7 Å². The third-order valence-electron chi connectivity index (χ3n) is 6.96. The lowest BCUT2D eigenvalue weighted by Crippen LogP contribution is -2.31. The fourth-order valence-electron chi connectivity index (χ4n) is 4.84. The van der Waals surface area contributed by atoms with Crippen LogP contribution in [0.15, 0.2) is 78.4 Å². The zero-order chi connectivity index (χ0) is 29.2. The number of aliphatic hydroxyl groups is 1. The summed E-state index contributed by atoms with van der Waals surface area (Å²) in [4.78, 5) is 28.5. The Morgan fingerprint density at radius 3 is 2.27 bits per heavy atom. The second kappa shape index (κ2) is 14.4. The molecule has 0 radical (unpaired) electrons. The minimum atomic E-state index is -0.793. The maximum Gasteiger partial charge on any atom is 0.295 e. The summed E-state index contributed by atoms with van der Waals surface area (Å²) in [7, 11) is 0. The lowest BCUT2D eigenvalue weighted by molar-refractivity contribution is -0.139. The van der Waals surface area contributed by atoms with E-state index in [1.807, 2.05) is 62.4 Å². The second-order valence-electron chi connectivity index (χ2n) is 9.94. The molecule has 0 spiro atoms. The number of likely N-dealkylation sites (tertiary alicyclic amines) is 1. The smallest absolute Gasteiger partial charge is 0.295 e. The number of carbonyl (C=O) groups excluding carboxylic acids is 2.